The third kappa shape index (κ3) is 5.00. The molecular formula is C32H34N6O2. The average Bonchev–Trinajstić information content (AvgIpc) is 2.94. The van der Waals surface area contributed by atoms with Gasteiger partial charge in [-0.1, -0.05) is 62.4 Å². The first-order valence-corrected chi connectivity index (χ1v) is 13.4. The van der Waals surface area contributed by atoms with Crippen molar-refractivity contribution in [2.75, 3.05) is 10.2 Å². The zero-order chi connectivity index (χ0) is 28.5. The molecule has 0 aliphatic carbocycles. The SMILES string of the molecule is CCc1cnc(/N=C(\N)Nc2ccc3c(c2)C(C)(c2ccccc2)CC(C)(C)N3C(=O)c2ccccc2)[nH]c1=O. The number of carbonyl (C=O) groups excluding carboxylic acids is 1. The van der Waals surface area contributed by atoms with Crippen LogP contribution in [0.3, 0.4) is 0 Å². The molecule has 5 rings (SSSR count). The van der Waals surface area contributed by atoms with Crippen LogP contribution in [0.15, 0.2) is 94.8 Å². The molecule has 40 heavy (non-hydrogen) atoms. The second-order valence-corrected chi connectivity index (χ2v) is 11.0. The van der Waals surface area contributed by atoms with Crippen LogP contribution in [-0.2, 0) is 11.8 Å². The summed E-state index contributed by atoms with van der Waals surface area (Å²) in [6, 6.07) is 25.6. The smallest absolute Gasteiger partial charge is 0.258 e. The summed E-state index contributed by atoms with van der Waals surface area (Å²) >= 11 is 0. The fourth-order valence-electron chi connectivity index (χ4n) is 5.78. The first-order valence-electron chi connectivity index (χ1n) is 13.4. The molecule has 1 amide bonds. The molecule has 0 saturated carbocycles. The van der Waals surface area contributed by atoms with Gasteiger partial charge in [0.1, 0.15) is 0 Å². The van der Waals surface area contributed by atoms with Gasteiger partial charge in [-0.3, -0.25) is 14.6 Å². The third-order valence-corrected chi connectivity index (χ3v) is 7.60. The number of benzene rings is 3. The molecular weight excluding hydrogens is 500 g/mol. The number of aliphatic imine (C=N–C) groups is 1. The van der Waals surface area contributed by atoms with Gasteiger partial charge in [0.25, 0.3) is 11.5 Å². The Bertz CT molecular complexity index is 1630. The first kappa shape index (κ1) is 26.9. The molecule has 0 bridgehead atoms. The zero-order valence-electron chi connectivity index (χ0n) is 23.2. The van der Waals surface area contributed by atoms with Gasteiger partial charge in [0.15, 0.2) is 0 Å². The molecule has 4 aromatic rings. The summed E-state index contributed by atoms with van der Waals surface area (Å²) in [7, 11) is 0. The van der Waals surface area contributed by atoms with Crippen LogP contribution in [0.5, 0.6) is 0 Å². The molecule has 204 valence electrons. The Morgan fingerprint density at radius 1 is 1.05 bits per heavy atom. The highest BCUT2D eigenvalue weighted by Crippen LogP contribution is 2.51. The fourth-order valence-corrected chi connectivity index (χ4v) is 5.78. The van der Waals surface area contributed by atoms with Gasteiger partial charge in [0.2, 0.25) is 11.9 Å². The topological polar surface area (TPSA) is 116 Å². The molecule has 1 aromatic heterocycles. The Balaban J connectivity index is 1.59. The minimum absolute atomic E-state index is 0.0469. The van der Waals surface area contributed by atoms with E-state index in [-0.39, 0.29) is 28.8 Å². The molecule has 3 aromatic carbocycles. The summed E-state index contributed by atoms with van der Waals surface area (Å²) in [5.41, 5.74) is 10.1. The van der Waals surface area contributed by atoms with Crippen molar-refractivity contribution in [3.8, 4) is 0 Å². The van der Waals surface area contributed by atoms with E-state index in [1.54, 1.807) is 0 Å². The van der Waals surface area contributed by atoms with Crippen LogP contribution in [0.25, 0.3) is 0 Å². The summed E-state index contributed by atoms with van der Waals surface area (Å²) in [5, 5.41) is 3.14. The number of aromatic nitrogens is 2. The van der Waals surface area contributed by atoms with E-state index in [4.69, 9.17) is 5.73 Å². The van der Waals surface area contributed by atoms with Crippen LogP contribution in [-0.4, -0.2) is 27.4 Å². The lowest BCUT2D eigenvalue weighted by atomic mass is 9.65. The predicted molar refractivity (Wildman–Crippen MR) is 160 cm³/mol. The maximum absolute atomic E-state index is 13.9. The Morgan fingerprint density at radius 3 is 2.38 bits per heavy atom. The quantitative estimate of drug-likeness (QED) is 0.230. The van der Waals surface area contributed by atoms with Crippen molar-refractivity contribution < 1.29 is 4.79 Å². The van der Waals surface area contributed by atoms with Gasteiger partial charge in [-0.25, -0.2) is 4.98 Å². The van der Waals surface area contributed by atoms with E-state index in [0.29, 0.717) is 29.7 Å². The molecule has 0 radical (unpaired) electrons. The normalized spacial score (nSPS) is 18.2. The van der Waals surface area contributed by atoms with Crippen LogP contribution in [0.4, 0.5) is 17.3 Å². The number of nitrogens with two attached hydrogens (primary N) is 1. The minimum Gasteiger partial charge on any atom is -0.369 e. The van der Waals surface area contributed by atoms with Crippen molar-refractivity contribution in [3.63, 3.8) is 0 Å². The number of aromatic amines is 1. The highest BCUT2D eigenvalue weighted by atomic mass is 16.2. The Labute approximate surface area is 234 Å². The van der Waals surface area contributed by atoms with E-state index in [1.165, 1.54) is 6.20 Å². The third-order valence-electron chi connectivity index (χ3n) is 7.60. The van der Waals surface area contributed by atoms with Crippen molar-refractivity contribution in [1.29, 1.82) is 0 Å². The van der Waals surface area contributed by atoms with Gasteiger partial charge in [0, 0.05) is 39.7 Å². The van der Waals surface area contributed by atoms with Crippen LogP contribution in [0.2, 0.25) is 0 Å². The second kappa shape index (κ2) is 10.4. The van der Waals surface area contributed by atoms with E-state index in [1.807, 2.05) is 78.6 Å². The number of amides is 1. The summed E-state index contributed by atoms with van der Waals surface area (Å²) in [6.07, 6.45) is 2.79. The molecule has 0 fully saturated rings. The predicted octanol–water partition coefficient (Wildman–Crippen LogP) is 5.53. The monoisotopic (exact) mass is 534 g/mol. The van der Waals surface area contributed by atoms with Gasteiger partial charge in [0.05, 0.1) is 0 Å². The lowest BCUT2D eigenvalue weighted by Gasteiger charge is -2.51. The van der Waals surface area contributed by atoms with Crippen LogP contribution in [0, 0.1) is 0 Å². The number of guanidine groups is 1. The molecule has 1 aliphatic rings. The molecule has 4 N–H and O–H groups in total. The van der Waals surface area contributed by atoms with E-state index < -0.39 is 5.54 Å². The number of nitrogens with zero attached hydrogens (tertiary/aromatic N) is 3. The van der Waals surface area contributed by atoms with Crippen LogP contribution < -0.4 is 21.5 Å². The molecule has 1 aliphatic heterocycles. The highest BCUT2D eigenvalue weighted by molar-refractivity contribution is 6.08. The Hall–Kier alpha value is -4.72. The average molecular weight is 535 g/mol. The summed E-state index contributed by atoms with van der Waals surface area (Å²) in [4.78, 5) is 39.1. The number of nitrogens with one attached hydrogen (secondary N) is 2. The van der Waals surface area contributed by atoms with E-state index in [0.717, 1.165) is 16.8 Å². The summed E-state index contributed by atoms with van der Waals surface area (Å²) in [5.74, 6) is 0.164. The molecule has 0 saturated heterocycles. The maximum atomic E-state index is 13.9. The number of H-pyrrole nitrogens is 1. The lowest BCUT2D eigenvalue weighted by molar-refractivity contribution is 0.0948. The number of anilines is 2. The Morgan fingerprint density at radius 2 is 1.73 bits per heavy atom. The standard InChI is InChI=1S/C32H34N6O2/c1-5-21-19-34-30(36-27(21)39)37-29(33)35-24-16-17-26-25(18-24)32(4,23-14-10-7-11-15-23)20-31(2,3)38(26)28(40)22-12-8-6-9-13-22/h6-19H,5,20H2,1-4H3,(H4,33,34,35,36,37,39). The molecule has 0 spiro atoms. The van der Waals surface area contributed by atoms with Crippen molar-refractivity contribution >= 4 is 29.2 Å². The number of hydrogen-bond donors (Lipinski definition) is 3. The van der Waals surface area contributed by atoms with Gasteiger partial charge < -0.3 is 16.0 Å². The second-order valence-electron chi connectivity index (χ2n) is 11.0. The molecule has 2 heterocycles. The van der Waals surface area contributed by atoms with E-state index in [2.05, 4.69) is 53.2 Å². The van der Waals surface area contributed by atoms with Crippen molar-refractivity contribution in [2.45, 2.75) is 51.5 Å². The number of carbonyl (C=O) groups is 1. The first-order chi connectivity index (χ1) is 19.1. The maximum Gasteiger partial charge on any atom is 0.258 e. The molecule has 1 unspecified atom stereocenters. The van der Waals surface area contributed by atoms with Crippen molar-refractivity contribution in [1.82, 2.24) is 9.97 Å². The highest BCUT2D eigenvalue weighted by Gasteiger charge is 2.48. The van der Waals surface area contributed by atoms with Gasteiger partial charge in [-0.15, -0.1) is 0 Å². The van der Waals surface area contributed by atoms with Gasteiger partial charge in [-0.05, 0) is 68.1 Å². The zero-order valence-corrected chi connectivity index (χ0v) is 23.2. The lowest BCUT2D eigenvalue weighted by Crippen LogP contribution is -2.55. The number of rotatable bonds is 5. The fraction of sp³-hybridized carbons (Fsp3) is 0.250. The van der Waals surface area contributed by atoms with Gasteiger partial charge in [-0.2, -0.15) is 4.99 Å². The number of hydrogen-bond acceptors (Lipinski definition) is 4. The molecule has 8 nitrogen and oxygen atoms in total. The van der Waals surface area contributed by atoms with Crippen LogP contribution in [0.1, 0.15) is 61.2 Å². The van der Waals surface area contributed by atoms with Crippen molar-refractivity contribution in [2.24, 2.45) is 10.7 Å². The number of fused-ring (bicyclic) bond motifs is 1. The molecule has 8 heteroatoms. The molecule has 1 atom stereocenters. The Kier molecular flexibility index (Phi) is 7.02. The van der Waals surface area contributed by atoms with E-state index in [9.17, 15) is 9.59 Å². The minimum atomic E-state index is -0.470. The van der Waals surface area contributed by atoms with Gasteiger partial charge >= 0.3 is 0 Å². The van der Waals surface area contributed by atoms with Crippen molar-refractivity contribution in [3.05, 3.63) is 118 Å². The largest absolute Gasteiger partial charge is 0.369 e. The summed E-state index contributed by atoms with van der Waals surface area (Å²) < 4.78 is 0. The van der Waals surface area contributed by atoms with E-state index >= 15 is 0 Å². The number of aryl methyl sites for hydroxylation is 1. The van der Waals surface area contributed by atoms with Crippen LogP contribution >= 0.6 is 0 Å². The summed E-state index contributed by atoms with van der Waals surface area (Å²) in [6.45, 7) is 8.34.